The van der Waals surface area contributed by atoms with E-state index in [9.17, 15) is 0 Å². The summed E-state index contributed by atoms with van der Waals surface area (Å²) >= 11 is 0. The summed E-state index contributed by atoms with van der Waals surface area (Å²) in [7, 11) is 1.55. The summed E-state index contributed by atoms with van der Waals surface area (Å²) in [5, 5.41) is 0. The Morgan fingerprint density at radius 3 is 1.19 bits per heavy atom. The van der Waals surface area contributed by atoms with Gasteiger partial charge in [-0.1, -0.05) is 89.9 Å². The average molecular weight is 646 g/mol. The van der Waals surface area contributed by atoms with Crippen molar-refractivity contribution in [3.8, 4) is 65.6 Å². The Hall–Kier alpha value is -4.95. The second-order valence-corrected chi connectivity index (χ2v) is 11.3. The minimum atomic E-state index is 0.0555. The van der Waals surface area contributed by atoms with E-state index in [-0.39, 0.29) is 6.79 Å². The summed E-state index contributed by atoms with van der Waals surface area (Å²) in [5.41, 5.74) is 2.73. The molecule has 3 heterocycles. The highest BCUT2D eigenvalue weighted by Gasteiger charge is 2.06. The van der Waals surface area contributed by atoms with Crippen molar-refractivity contribution in [2.45, 2.75) is 90.9 Å². The fraction of sp³-hybridized carbons (Fsp3) is 0.439. The van der Waals surface area contributed by atoms with Crippen LogP contribution in [0, 0.1) is 48.4 Å². The maximum atomic E-state index is 5.98. The normalized spacial score (nSPS) is 10.1. The van der Waals surface area contributed by atoms with E-state index >= 15 is 0 Å². The van der Waals surface area contributed by atoms with Crippen LogP contribution in [-0.2, 0) is 4.74 Å². The van der Waals surface area contributed by atoms with Crippen LogP contribution in [0.15, 0.2) is 36.4 Å². The van der Waals surface area contributed by atoms with Crippen molar-refractivity contribution in [2.24, 2.45) is 0 Å². The van der Waals surface area contributed by atoms with Gasteiger partial charge < -0.3 is 18.9 Å². The second kappa shape index (κ2) is 22.6. The number of methoxy groups -OCH3 is 1. The summed E-state index contributed by atoms with van der Waals surface area (Å²) < 4.78 is 22.7. The van der Waals surface area contributed by atoms with Crippen LogP contribution in [0.5, 0.6) is 17.2 Å². The van der Waals surface area contributed by atoms with Gasteiger partial charge in [0.25, 0.3) is 0 Å². The standard InChI is InChI=1S/C41H47N3O4/c1-6-10-12-14-16-18-24-46-39-26-33(8-3)42-35(28-39)20-22-37-30-41(48-32-45-5)31-38(44-37)23-21-36-29-40(27-34(9-4)43-36)47-25-19-17-15-13-11-7-2/h3-4,26-31H,6-7,10-19,24-25,32H2,1-2,5H3. The number of hydrogen-bond donors (Lipinski definition) is 0. The number of hydrogen-bond acceptors (Lipinski definition) is 7. The maximum Gasteiger partial charge on any atom is 0.188 e. The topological polar surface area (TPSA) is 75.6 Å². The van der Waals surface area contributed by atoms with Crippen LogP contribution in [0.2, 0.25) is 0 Å². The van der Waals surface area contributed by atoms with E-state index in [1.165, 1.54) is 51.4 Å². The molecule has 0 aliphatic carbocycles. The van der Waals surface area contributed by atoms with Gasteiger partial charge in [0.2, 0.25) is 0 Å². The summed E-state index contributed by atoms with van der Waals surface area (Å²) in [6.07, 6.45) is 25.5. The zero-order valence-corrected chi connectivity index (χ0v) is 28.7. The smallest absolute Gasteiger partial charge is 0.188 e. The fourth-order valence-electron chi connectivity index (χ4n) is 4.70. The fourth-order valence-corrected chi connectivity index (χ4v) is 4.70. The maximum absolute atomic E-state index is 5.98. The van der Waals surface area contributed by atoms with Gasteiger partial charge in [-0.05, 0) is 36.5 Å². The molecule has 3 rings (SSSR count). The first-order valence-corrected chi connectivity index (χ1v) is 17.0. The lowest BCUT2D eigenvalue weighted by Gasteiger charge is -2.07. The van der Waals surface area contributed by atoms with E-state index < -0.39 is 0 Å². The molecule has 0 spiro atoms. The minimum Gasteiger partial charge on any atom is -0.493 e. The van der Waals surface area contributed by atoms with E-state index in [2.05, 4.69) is 64.3 Å². The van der Waals surface area contributed by atoms with Gasteiger partial charge in [0.15, 0.2) is 6.79 Å². The number of terminal acetylenes is 2. The number of unbranched alkanes of at least 4 members (excludes halogenated alkanes) is 10. The van der Waals surface area contributed by atoms with Gasteiger partial charge in [-0.2, -0.15) is 0 Å². The Morgan fingerprint density at radius 1 is 0.479 bits per heavy atom. The van der Waals surface area contributed by atoms with Gasteiger partial charge >= 0.3 is 0 Å². The second-order valence-electron chi connectivity index (χ2n) is 11.3. The predicted octanol–water partition coefficient (Wildman–Crippen LogP) is 8.10. The van der Waals surface area contributed by atoms with Crippen LogP contribution < -0.4 is 14.2 Å². The zero-order valence-electron chi connectivity index (χ0n) is 28.7. The molecule has 0 bridgehead atoms. The monoisotopic (exact) mass is 645 g/mol. The molecule has 0 atom stereocenters. The molecular weight excluding hydrogens is 598 g/mol. The molecule has 0 unspecified atom stereocenters. The highest BCUT2D eigenvalue weighted by Crippen LogP contribution is 2.18. The largest absolute Gasteiger partial charge is 0.493 e. The molecule has 48 heavy (non-hydrogen) atoms. The number of rotatable bonds is 19. The first kappa shape index (κ1) is 37.5. The van der Waals surface area contributed by atoms with Gasteiger partial charge in [0, 0.05) is 43.5 Å². The first-order valence-electron chi connectivity index (χ1n) is 17.0. The number of pyridine rings is 3. The molecule has 0 radical (unpaired) electrons. The molecular formula is C41H47N3O4. The van der Waals surface area contributed by atoms with Crippen LogP contribution in [0.3, 0.4) is 0 Å². The van der Waals surface area contributed by atoms with Crippen LogP contribution in [0.4, 0.5) is 0 Å². The molecule has 0 saturated heterocycles. The van der Waals surface area contributed by atoms with E-state index in [0.717, 1.165) is 25.7 Å². The third-order valence-corrected chi connectivity index (χ3v) is 7.21. The number of aromatic nitrogens is 3. The quantitative estimate of drug-likeness (QED) is 0.0741. The molecule has 0 fully saturated rings. The summed E-state index contributed by atoms with van der Waals surface area (Å²) in [4.78, 5) is 13.5. The highest BCUT2D eigenvalue weighted by atomic mass is 16.7. The lowest BCUT2D eigenvalue weighted by atomic mass is 10.1. The van der Waals surface area contributed by atoms with E-state index in [1.54, 1.807) is 43.5 Å². The van der Waals surface area contributed by atoms with Gasteiger partial charge in [-0.15, -0.1) is 12.8 Å². The SMILES string of the molecule is C#Cc1cc(OCCCCCCCC)cc(C#Cc2cc(OCOC)cc(C#Cc3cc(OCCCCCCCC)cc(C#C)n3)n2)n1. The van der Waals surface area contributed by atoms with Gasteiger partial charge in [-0.3, -0.25) is 0 Å². The molecule has 0 aliphatic rings. The van der Waals surface area contributed by atoms with E-state index in [4.69, 9.17) is 31.8 Å². The molecule has 0 amide bonds. The predicted molar refractivity (Wildman–Crippen MR) is 191 cm³/mol. The Labute approximate surface area is 287 Å². The molecule has 3 aromatic rings. The van der Waals surface area contributed by atoms with Crippen LogP contribution in [0.25, 0.3) is 0 Å². The van der Waals surface area contributed by atoms with Gasteiger partial charge in [-0.25, -0.2) is 15.0 Å². The Bertz CT molecular complexity index is 1530. The third kappa shape index (κ3) is 14.6. The molecule has 7 heteroatoms. The van der Waals surface area contributed by atoms with Crippen LogP contribution >= 0.6 is 0 Å². The Balaban J connectivity index is 1.77. The van der Waals surface area contributed by atoms with Gasteiger partial charge in [0.1, 0.15) is 51.4 Å². The van der Waals surface area contributed by atoms with Crippen molar-refractivity contribution in [1.82, 2.24) is 15.0 Å². The molecule has 0 aromatic carbocycles. The van der Waals surface area contributed by atoms with E-state index in [1.807, 2.05) is 0 Å². The van der Waals surface area contributed by atoms with Crippen molar-refractivity contribution in [2.75, 3.05) is 27.1 Å². The number of ether oxygens (including phenoxy) is 4. The van der Waals surface area contributed by atoms with Crippen molar-refractivity contribution >= 4 is 0 Å². The van der Waals surface area contributed by atoms with Crippen molar-refractivity contribution in [1.29, 1.82) is 0 Å². The third-order valence-electron chi connectivity index (χ3n) is 7.21. The first-order chi connectivity index (χ1) is 23.6. The molecule has 3 aromatic heterocycles. The molecule has 250 valence electrons. The lowest BCUT2D eigenvalue weighted by molar-refractivity contribution is 0.0510. The van der Waals surface area contributed by atoms with E-state index in [0.29, 0.717) is 64.6 Å². The summed E-state index contributed by atoms with van der Waals surface area (Å²) in [5.74, 6) is 19.2. The summed E-state index contributed by atoms with van der Waals surface area (Å²) in [6.45, 7) is 5.71. The molecule has 7 nitrogen and oxygen atoms in total. The van der Waals surface area contributed by atoms with Crippen molar-refractivity contribution in [3.63, 3.8) is 0 Å². The minimum absolute atomic E-state index is 0.0555. The van der Waals surface area contributed by atoms with Gasteiger partial charge in [0.05, 0.1) is 13.2 Å². The molecule has 0 saturated carbocycles. The Morgan fingerprint density at radius 2 is 0.812 bits per heavy atom. The van der Waals surface area contributed by atoms with Crippen molar-refractivity contribution < 1.29 is 18.9 Å². The Kier molecular flexibility index (Phi) is 17.6. The lowest BCUT2D eigenvalue weighted by Crippen LogP contribution is -2.01. The average Bonchev–Trinajstić information content (AvgIpc) is 3.11. The highest BCUT2D eigenvalue weighted by molar-refractivity contribution is 5.48. The van der Waals surface area contributed by atoms with Crippen molar-refractivity contribution in [3.05, 3.63) is 70.6 Å². The van der Waals surface area contributed by atoms with Crippen LogP contribution in [-0.4, -0.2) is 42.1 Å². The summed E-state index contributed by atoms with van der Waals surface area (Å²) in [6, 6.07) is 10.5. The van der Waals surface area contributed by atoms with Crippen LogP contribution in [0.1, 0.15) is 125 Å². The molecule has 0 N–H and O–H groups in total. The zero-order chi connectivity index (χ0) is 34.2. The molecule has 0 aliphatic heterocycles. The number of nitrogens with zero attached hydrogens (tertiary/aromatic N) is 3.